The lowest BCUT2D eigenvalue weighted by atomic mass is 9.98. The van der Waals surface area contributed by atoms with Gasteiger partial charge in [-0.1, -0.05) is 91.0 Å². The lowest BCUT2D eigenvalue weighted by Gasteiger charge is -2.30. The smallest absolute Gasteiger partial charge is 0.258 e. The Hall–Kier alpha value is -16.2. The van der Waals surface area contributed by atoms with E-state index in [1.807, 2.05) is 149 Å². The van der Waals surface area contributed by atoms with Crippen LogP contribution in [0.4, 0.5) is 17.1 Å². The third-order valence-corrected chi connectivity index (χ3v) is 27.6. The zero-order valence-corrected chi connectivity index (χ0v) is 83.9. The number of hydrogen-bond acceptors (Lipinski definition) is 25. The Morgan fingerprint density at radius 3 is 1.12 bits per heavy atom. The number of carbonyl (C=O) groups excluding carboxylic acids is 6. The van der Waals surface area contributed by atoms with Crippen molar-refractivity contribution in [2.24, 2.45) is 14.1 Å². The molecule has 15 aromatic rings. The van der Waals surface area contributed by atoms with E-state index in [-0.39, 0.29) is 101 Å². The molecule has 15 heterocycles. The Morgan fingerprint density at radius 2 is 0.804 bits per heavy atom. The number of carbonyl (C=O) groups is 6. The van der Waals surface area contributed by atoms with E-state index in [1.165, 1.54) is 62.9 Å². The maximum absolute atomic E-state index is 13.8. The molecule has 6 aliphatic heterocycles. The maximum atomic E-state index is 13.8. The summed E-state index contributed by atoms with van der Waals surface area (Å²) in [5.74, 6) is 0.0969. The van der Waals surface area contributed by atoms with Gasteiger partial charge in [-0.2, -0.15) is 30.6 Å². The van der Waals surface area contributed by atoms with Gasteiger partial charge < -0.3 is 59.6 Å². The molecular formula is C109H119N27O12. The number of aryl methyl sites for hydroxylation is 3. The van der Waals surface area contributed by atoms with Crippen LogP contribution in [-0.2, 0) is 62.6 Å². The lowest BCUT2D eigenvalue weighted by molar-refractivity contribution is -0.138. The van der Waals surface area contributed by atoms with Crippen molar-refractivity contribution in [1.29, 1.82) is 0 Å². The second-order valence-corrected chi connectivity index (χ2v) is 38.7. The first-order chi connectivity index (χ1) is 73.7. The molecular weight excluding hydrogens is 1880 g/mol. The van der Waals surface area contributed by atoms with Gasteiger partial charge in [0.25, 0.3) is 17.7 Å². The Balaban J connectivity index is 0.000000144. The van der Waals surface area contributed by atoms with E-state index in [0.29, 0.717) is 108 Å². The molecule has 8 N–H and O–H groups in total. The van der Waals surface area contributed by atoms with Crippen LogP contribution in [0.25, 0.3) is 117 Å². The van der Waals surface area contributed by atoms with Gasteiger partial charge in [0.2, 0.25) is 34.7 Å². The van der Waals surface area contributed by atoms with Crippen molar-refractivity contribution in [1.82, 2.24) is 119 Å². The minimum atomic E-state index is -2.34. The van der Waals surface area contributed by atoms with Crippen molar-refractivity contribution in [2.75, 3.05) is 135 Å². The van der Waals surface area contributed by atoms with Crippen molar-refractivity contribution in [2.45, 2.75) is 109 Å². The number of rotatable bonds is 26. The molecule has 6 aromatic carbocycles. The largest absolute Gasteiger partial charge is 0.475 e. The number of H-pyrrole nitrogens is 5. The average Bonchev–Trinajstić information content (AvgIpc) is 1.61. The minimum absolute atomic E-state index is 0.00368. The summed E-state index contributed by atoms with van der Waals surface area (Å²) in [6, 6.07) is 49.9. The maximum Gasteiger partial charge on any atom is 0.258 e. The van der Waals surface area contributed by atoms with E-state index < -0.39 is 71.7 Å². The van der Waals surface area contributed by atoms with E-state index in [2.05, 4.69) is 113 Å². The number of aromatic nitrogens is 18. The molecule has 39 heteroatoms. The van der Waals surface area contributed by atoms with Crippen LogP contribution in [-0.4, -0.2) is 297 Å². The van der Waals surface area contributed by atoms with Gasteiger partial charge in [-0.3, -0.25) is 77.7 Å². The van der Waals surface area contributed by atoms with Crippen molar-refractivity contribution in [3.63, 3.8) is 0 Å². The summed E-state index contributed by atoms with van der Waals surface area (Å²) in [7, 11) is 7.96. The number of aromatic amines is 5. The predicted octanol–water partition coefficient (Wildman–Crippen LogP) is 12.2. The first kappa shape index (κ1) is 92.9. The van der Waals surface area contributed by atoms with E-state index in [4.69, 9.17) is 27.2 Å². The molecule has 0 bridgehead atoms. The summed E-state index contributed by atoms with van der Waals surface area (Å²) in [5, 5.41) is 46.7. The molecule has 21 rings (SSSR count). The molecule has 148 heavy (non-hydrogen) atoms. The molecule has 0 saturated carbocycles. The first-order valence-corrected chi connectivity index (χ1v) is 48.9. The van der Waals surface area contributed by atoms with Crippen LogP contribution >= 0.6 is 0 Å². The molecule has 0 radical (unpaired) electrons. The molecule has 3 fully saturated rings. The fourth-order valence-electron chi connectivity index (χ4n) is 18.8. The average molecular weight is 2010 g/mol. The number of anilines is 3. The number of methoxy groups -OCH3 is 3. The SMILES string of the molecule is [2H]C([2H])(C(=O)N1CC=C(c2ccc(-c3nc(C)n(C)n3)cc2)CC1)N1CC[C@@](OC)(C(=O)Nc2ccc3[nH]nc(-c4ccc(=O)[nH]c4)c3c2)C1.[2H]C([2H])(C(=O)N1CC=C(c2ccc(-c3ncn(C(C)(C)C)n3)cc2)CC1)N1CC[C@@](OC)(C(=O)Nc2ccc3[nH]nc(-c4ccc(OC(C)C)nc4)c3c2)C1.[2H]C([2H])(C(=O)N1CC=C(c2ccc(-c3ncn(C)n3)cc2)CC1)N1CC[C@@](OC)(C(=O)Nc2ccc3[nH]nc(-c4ccc(=O)[nH]c4)c3c2)C1. The molecule has 0 unspecified atom stereocenters. The molecule has 6 aliphatic rings. The summed E-state index contributed by atoms with van der Waals surface area (Å²) in [6.45, 7) is 7.10. The summed E-state index contributed by atoms with van der Waals surface area (Å²) in [5.41, 5.74) is 12.3. The number of nitrogens with one attached hydrogen (secondary N) is 8. The number of ether oxygens (including phenoxy) is 4. The molecule has 0 spiro atoms. The van der Waals surface area contributed by atoms with Crippen LogP contribution < -0.4 is 31.8 Å². The molecule has 0 aliphatic carbocycles. The van der Waals surface area contributed by atoms with Gasteiger partial charge in [-0.15, -0.1) is 0 Å². The van der Waals surface area contributed by atoms with E-state index >= 15 is 0 Å². The van der Waals surface area contributed by atoms with E-state index in [0.717, 1.165) is 94.2 Å². The zero-order chi connectivity index (χ0) is 109. The number of hydrogen-bond donors (Lipinski definition) is 8. The summed E-state index contributed by atoms with van der Waals surface area (Å²) < 4.78 is 81.4. The molecule has 762 valence electrons. The highest BCUT2D eigenvalue weighted by Crippen LogP contribution is 2.39. The van der Waals surface area contributed by atoms with Crippen LogP contribution in [0.5, 0.6) is 5.88 Å². The molecule has 3 saturated heterocycles. The van der Waals surface area contributed by atoms with E-state index in [1.54, 1.807) is 101 Å². The van der Waals surface area contributed by atoms with Crippen molar-refractivity contribution in [3.8, 4) is 73.8 Å². The molecule has 6 amide bonds. The third-order valence-electron chi connectivity index (χ3n) is 27.6. The van der Waals surface area contributed by atoms with Crippen molar-refractivity contribution in [3.05, 3.63) is 256 Å². The van der Waals surface area contributed by atoms with Crippen LogP contribution in [0.3, 0.4) is 0 Å². The second-order valence-electron chi connectivity index (χ2n) is 38.7. The fourth-order valence-corrected chi connectivity index (χ4v) is 18.8. The number of pyridine rings is 3. The highest BCUT2D eigenvalue weighted by atomic mass is 16.5. The Kier molecular flexibility index (Phi) is 26.9. The molecule has 3 atom stereocenters. The highest BCUT2D eigenvalue weighted by molar-refractivity contribution is 6.05. The fraction of sp³-hybridized carbons (Fsp3) is 0.339. The van der Waals surface area contributed by atoms with Gasteiger partial charge in [0, 0.05) is 217 Å². The van der Waals surface area contributed by atoms with Gasteiger partial charge in [-0.05, 0) is 186 Å². The third kappa shape index (κ3) is 22.1. The lowest BCUT2D eigenvalue weighted by Crippen LogP contribution is -2.48. The predicted molar refractivity (Wildman–Crippen MR) is 563 cm³/mol. The van der Waals surface area contributed by atoms with Crippen molar-refractivity contribution >= 4 is 102 Å². The number of likely N-dealkylation sites (tertiary alicyclic amines) is 3. The van der Waals surface area contributed by atoms with Gasteiger partial charge in [0.05, 0.1) is 55.9 Å². The Morgan fingerprint density at radius 1 is 0.439 bits per heavy atom. The molecule has 9 aromatic heterocycles. The number of benzene rings is 6. The number of nitrogens with zero attached hydrogens (tertiary/aromatic N) is 19. The number of amides is 6. The standard InChI is InChI=1S/C40H47N9O4.C35H37N9O4.C34H35N9O4/c1-26(2)53-34-14-11-30(22-41-34)36-32-21-31(12-13-33(32)44-45-36)43-38(51)40(52-6)17-20-47(24-40)23-35(50)48-18-15-28(16-19-48)27-7-9-29(10-8-27)37-42-25-49(46-37)39(3,4)5;1-22-37-33(41-42(22)2)25-6-4-23(5-7-25)24-12-15-44(16-13-24)31(46)20-43-17-14-35(21-43,48-3)34(47)38-27-9-10-29-28(18-27)32(40-39-29)26-8-11-30(45)36-19-26;1-41-21-36-32(40-41)24-5-3-22(4-6-24)23-11-14-43(15-12-23)30(45)19-42-16-13-34(20-42,47-2)33(46)37-26-8-9-28-27(17-26)31(39-38-28)25-7-10-29(44)35-18-25/h7-15,21-22,25-26H,16-20,23-24H2,1-6H3,(H,43,51)(H,44,45);4-12,18-19H,13-17,20-21H2,1-3H3,(H,36,45)(H,38,47)(H,39,40);3-11,17-18,21H,12-16,19-20H2,1-2H3,(H,35,44)(H,37,46)(H,38,39)/t40-;35-;34-/m000/s1/i23D2;20D2;19D2. The van der Waals surface area contributed by atoms with Crippen LogP contribution in [0.1, 0.15) is 104 Å². The van der Waals surface area contributed by atoms with Gasteiger partial charge in [0.1, 0.15) is 35.6 Å². The minimum Gasteiger partial charge on any atom is -0.475 e. The quantitative estimate of drug-likeness (QED) is 0.0250. The molecule has 39 nitrogen and oxygen atoms in total. The summed E-state index contributed by atoms with van der Waals surface area (Å²) >= 11 is 0. The van der Waals surface area contributed by atoms with Crippen LogP contribution in [0.15, 0.2) is 223 Å². The Bertz CT molecular complexity index is 7960. The van der Waals surface area contributed by atoms with Gasteiger partial charge in [-0.25, -0.2) is 24.6 Å². The Labute approximate surface area is 861 Å². The normalized spacial score (nSPS) is 19.2. The van der Waals surface area contributed by atoms with Crippen molar-refractivity contribution < 1.29 is 55.9 Å². The van der Waals surface area contributed by atoms with Crippen LogP contribution in [0.2, 0.25) is 0 Å². The summed E-state index contributed by atoms with van der Waals surface area (Å²) in [4.78, 5) is 137. The number of fused-ring (bicyclic) bond motifs is 3. The van der Waals surface area contributed by atoms with Gasteiger partial charge in [0.15, 0.2) is 34.3 Å². The first-order valence-electron chi connectivity index (χ1n) is 51.9. The van der Waals surface area contributed by atoms with Gasteiger partial charge >= 0.3 is 0 Å². The van der Waals surface area contributed by atoms with E-state index in [9.17, 15) is 38.4 Å². The van der Waals surface area contributed by atoms with Crippen LogP contribution in [0, 0.1) is 6.92 Å². The second kappa shape index (κ2) is 42.8. The summed E-state index contributed by atoms with van der Waals surface area (Å²) in [6.07, 6.45) is 16.5. The zero-order valence-electron chi connectivity index (χ0n) is 89.9. The highest BCUT2D eigenvalue weighted by Gasteiger charge is 2.49. The monoisotopic (exact) mass is 2000 g/mol. The topological polar surface area (TPSA) is 452 Å².